The molecule has 6 nitrogen and oxygen atoms in total. The van der Waals surface area contributed by atoms with Crippen LogP contribution in [0.5, 0.6) is 28.7 Å². The van der Waals surface area contributed by atoms with Crippen LogP contribution < -0.4 is 24.3 Å². The highest BCUT2D eigenvalue weighted by Gasteiger charge is 2.16. The number of anilines is 1. The van der Waals surface area contributed by atoms with Crippen LogP contribution >= 0.6 is 11.6 Å². The topological polar surface area (TPSA) is 66.0 Å². The number of amides is 1. The van der Waals surface area contributed by atoms with Gasteiger partial charge in [-0.25, -0.2) is 0 Å². The molecule has 0 spiro atoms. The molecule has 3 rings (SSSR count). The Labute approximate surface area is 180 Å². The molecule has 0 fully saturated rings. The second kappa shape index (κ2) is 9.89. The largest absolute Gasteiger partial charge is 0.497 e. The molecule has 0 radical (unpaired) electrons. The monoisotopic (exact) mass is 427 g/mol. The van der Waals surface area contributed by atoms with Gasteiger partial charge in [0.1, 0.15) is 17.2 Å². The predicted octanol–water partition coefficient (Wildman–Crippen LogP) is 5.80. The van der Waals surface area contributed by atoms with Crippen molar-refractivity contribution in [3.63, 3.8) is 0 Å². The summed E-state index contributed by atoms with van der Waals surface area (Å²) in [6.45, 7) is 2.28. The molecule has 0 unspecified atom stereocenters. The summed E-state index contributed by atoms with van der Waals surface area (Å²) in [5.41, 5.74) is 0.971. The molecule has 0 bridgehead atoms. The van der Waals surface area contributed by atoms with Crippen LogP contribution in [0.4, 0.5) is 5.69 Å². The number of ether oxygens (including phenoxy) is 4. The van der Waals surface area contributed by atoms with Crippen molar-refractivity contribution in [2.24, 2.45) is 0 Å². The first-order valence-corrected chi connectivity index (χ1v) is 9.65. The molecule has 0 aliphatic rings. The molecule has 3 aromatic rings. The number of rotatable bonds is 8. The van der Waals surface area contributed by atoms with Gasteiger partial charge in [-0.1, -0.05) is 17.7 Å². The van der Waals surface area contributed by atoms with Gasteiger partial charge in [0.2, 0.25) is 0 Å². The summed E-state index contributed by atoms with van der Waals surface area (Å²) in [6, 6.07) is 17.5. The van der Waals surface area contributed by atoms with Crippen LogP contribution in [0.1, 0.15) is 17.3 Å². The summed E-state index contributed by atoms with van der Waals surface area (Å²) in [6.07, 6.45) is 0. The predicted molar refractivity (Wildman–Crippen MR) is 117 cm³/mol. The second-order valence-corrected chi connectivity index (χ2v) is 6.59. The van der Waals surface area contributed by atoms with E-state index in [9.17, 15) is 4.79 Å². The van der Waals surface area contributed by atoms with Crippen molar-refractivity contribution in [3.8, 4) is 28.7 Å². The van der Waals surface area contributed by atoms with Crippen LogP contribution in [0.15, 0.2) is 60.7 Å². The smallest absolute Gasteiger partial charge is 0.255 e. The van der Waals surface area contributed by atoms with E-state index in [0.29, 0.717) is 51.6 Å². The van der Waals surface area contributed by atoms with Crippen LogP contribution in [0, 0.1) is 0 Å². The average molecular weight is 428 g/mol. The van der Waals surface area contributed by atoms with Crippen molar-refractivity contribution in [3.05, 3.63) is 71.2 Å². The van der Waals surface area contributed by atoms with E-state index < -0.39 is 0 Å². The minimum atomic E-state index is -0.320. The van der Waals surface area contributed by atoms with Crippen LogP contribution in [-0.2, 0) is 0 Å². The molecule has 0 saturated heterocycles. The molecule has 0 atom stereocenters. The molecular weight excluding hydrogens is 406 g/mol. The van der Waals surface area contributed by atoms with Crippen molar-refractivity contribution >= 4 is 23.2 Å². The highest BCUT2D eigenvalue weighted by molar-refractivity contribution is 6.32. The Balaban J connectivity index is 1.70. The van der Waals surface area contributed by atoms with Gasteiger partial charge in [-0.15, -0.1) is 0 Å². The lowest BCUT2D eigenvalue weighted by Gasteiger charge is -2.13. The molecule has 1 amide bonds. The molecule has 7 heteroatoms. The van der Waals surface area contributed by atoms with E-state index >= 15 is 0 Å². The maximum absolute atomic E-state index is 12.6. The van der Waals surface area contributed by atoms with Gasteiger partial charge in [0.05, 0.1) is 25.8 Å². The van der Waals surface area contributed by atoms with E-state index in [-0.39, 0.29) is 5.91 Å². The molecule has 0 heterocycles. The van der Waals surface area contributed by atoms with Crippen molar-refractivity contribution in [2.75, 3.05) is 26.1 Å². The van der Waals surface area contributed by atoms with Crippen LogP contribution in [-0.4, -0.2) is 26.7 Å². The summed E-state index contributed by atoms with van der Waals surface area (Å²) in [7, 11) is 3.10. The number of carbonyl (C=O) groups is 1. The number of hydrogen-bond donors (Lipinski definition) is 1. The van der Waals surface area contributed by atoms with Crippen molar-refractivity contribution in [1.29, 1.82) is 0 Å². The molecular formula is C23H22ClNO5. The molecule has 3 aromatic carbocycles. The fraction of sp³-hybridized carbons (Fsp3) is 0.174. The van der Waals surface area contributed by atoms with E-state index in [1.54, 1.807) is 49.6 Å². The van der Waals surface area contributed by atoms with Crippen molar-refractivity contribution < 1.29 is 23.7 Å². The molecule has 0 aromatic heterocycles. The van der Waals surface area contributed by atoms with E-state index in [1.807, 2.05) is 25.1 Å². The van der Waals surface area contributed by atoms with Crippen LogP contribution in [0.2, 0.25) is 5.02 Å². The molecule has 0 saturated carbocycles. The first kappa shape index (κ1) is 21.3. The lowest BCUT2D eigenvalue weighted by molar-refractivity contribution is 0.102. The fourth-order valence-corrected chi connectivity index (χ4v) is 3.01. The standard InChI is InChI=1S/C23H22ClNO5/c1-4-29-22-20(24)12-15(13-21(22)28-3)23(26)25-16-8-10-17(11-9-16)30-19-7-5-6-18(14-19)27-2/h5-14H,4H2,1-3H3,(H,25,26). The summed E-state index contributed by atoms with van der Waals surface area (Å²) in [4.78, 5) is 12.6. The first-order valence-electron chi connectivity index (χ1n) is 9.27. The Morgan fingerprint density at radius 2 is 1.67 bits per heavy atom. The van der Waals surface area contributed by atoms with Gasteiger partial charge >= 0.3 is 0 Å². The summed E-state index contributed by atoms with van der Waals surface area (Å²) >= 11 is 6.25. The maximum Gasteiger partial charge on any atom is 0.255 e. The van der Waals surface area contributed by atoms with Crippen LogP contribution in [0.25, 0.3) is 0 Å². The Morgan fingerprint density at radius 1 is 0.933 bits per heavy atom. The minimum Gasteiger partial charge on any atom is -0.497 e. The number of halogens is 1. The Morgan fingerprint density at radius 3 is 2.33 bits per heavy atom. The Kier molecular flexibility index (Phi) is 7.03. The highest BCUT2D eigenvalue weighted by atomic mass is 35.5. The maximum atomic E-state index is 12.6. The van der Waals surface area contributed by atoms with Gasteiger partial charge in [0.15, 0.2) is 11.5 Å². The average Bonchev–Trinajstić information content (AvgIpc) is 2.76. The molecule has 0 aliphatic heterocycles. The third-order valence-electron chi connectivity index (χ3n) is 4.17. The third-order valence-corrected chi connectivity index (χ3v) is 4.45. The van der Waals surface area contributed by atoms with Gasteiger partial charge in [-0.2, -0.15) is 0 Å². The number of hydrogen-bond acceptors (Lipinski definition) is 5. The number of methoxy groups -OCH3 is 2. The fourth-order valence-electron chi connectivity index (χ4n) is 2.75. The second-order valence-electron chi connectivity index (χ2n) is 6.18. The van der Waals surface area contributed by atoms with Gasteiger partial charge in [0.25, 0.3) is 5.91 Å². The van der Waals surface area contributed by atoms with Gasteiger partial charge in [-0.05, 0) is 55.5 Å². The first-order chi connectivity index (χ1) is 14.5. The normalized spacial score (nSPS) is 10.3. The zero-order chi connectivity index (χ0) is 21.5. The van der Waals surface area contributed by atoms with E-state index in [1.165, 1.54) is 7.11 Å². The van der Waals surface area contributed by atoms with E-state index in [0.717, 1.165) is 0 Å². The van der Waals surface area contributed by atoms with E-state index in [4.69, 9.17) is 30.5 Å². The number of nitrogens with one attached hydrogen (secondary N) is 1. The van der Waals surface area contributed by atoms with Gasteiger partial charge in [0, 0.05) is 17.3 Å². The summed E-state index contributed by atoms with van der Waals surface area (Å²) < 4.78 is 21.8. The summed E-state index contributed by atoms with van der Waals surface area (Å²) in [5.74, 6) is 2.49. The minimum absolute atomic E-state index is 0.309. The van der Waals surface area contributed by atoms with E-state index in [2.05, 4.69) is 5.32 Å². The SMILES string of the molecule is CCOc1c(Cl)cc(C(=O)Nc2ccc(Oc3cccc(OC)c3)cc2)cc1OC. The van der Waals surface area contributed by atoms with Crippen LogP contribution in [0.3, 0.4) is 0 Å². The number of benzene rings is 3. The lowest BCUT2D eigenvalue weighted by Crippen LogP contribution is -2.12. The zero-order valence-electron chi connectivity index (χ0n) is 16.9. The molecule has 30 heavy (non-hydrogen) atoms. The zero-order valence-corrected chi connectivity index (χ0v) is 17.7. The molecule has 0 aliphatic carbocycles. The third kappa shape index (κ3) is 5.15. The lowest BCUT2D eigenvalue weighted by atomic mass is 10.1. The van der Waals surface area contributed by atoms with Gasteiger partial charge in [-0.3, -0.25) is 4.79 Å². The Bertz CT molecular complexity index is 1020. The number of carbonyl (C=O) groups excluding carboxylic acids is 1. The van der Waals surface area contributed by atoms with Crippen molar-refractivity contribution in [1.82, 2.24) is 0 Å². The molecule has 156 valence electrons. The Hall–Kier alpha value is -3.38. The van der Waals surface area contributed by atoms with Gasteiger partial charge < -0.3 is 24.3 Å². The summed E-state index contributed by atoms with van der Waals surface area (Å²) in [5, 5.41) is 3.14. The quantitative estimate of drug-likeness (QED) is 0.492. The highest BCUT2D eigenvalue weighted by Crippen LogP contribution is 2.36. The van der Waals surface area contributed by atoms with Crippen molar-refractivity contribution in [2.45, 2.75) is 6.92 Å². The molecule has 1 N–H and O–H groups in total.